The number of carbonyl (C=O) groups is 1. The van der Waals surface area contributed by atoms with Gasteiger partial charge in [0, 0.05) is 23.8 Å². The summed E-state index contributed by atoms with van der Waals surface area (Å²) in [7, 11) is 0. The van der Waals surface area contributed by atoms with Gasteiger partial charge >= 0.3 is 6.03 Å². The van der Waals surface area contributed by atoms with E-state index in [1.54, 1.807) is 6.07 Å². The van der Waals surface area contributed by atoms with Gasteiger partial charge in [0.25, 0.3) is 0 Å². The lowest BCUT2D eigenvalue weighted by Crippen LogP contribution is -2.38. The average Bonchev–Trinajstić information content (AvgIpc) is 2.35. The van der Waals surface area contributed by atoms with Gasteiger partial charge in [0.15, 0.2) is 0 Å². The number of benzene rings is 1. The number of hydrogen-bond acceptors (Lipinski definition) is 1. The molecule has 0 spiro atoms. The first-order chi connectivity index (χ1) is 8.16. The Bertz CT molecular complexity index is 414. The number of amides is 2. The summed E-state index contributed by atoms with van der Waals surface area (Å²) < 4.78 is 0. The van der Waals surface area contributed by atoms with Crippen molar-refractivity contribution in [3.05, 3.63) is 28.8 Å². The number of carbonyl (C=O) groups excluding carboxylic acids is 1. The highest BCUT2D eigenvalue weighted by Gasteiger charge is 2.16. The van der Waals surface area contributed by atoms with Crippen molar-refractivity contribution in [2.75, 3.05) is 18.4 Å². The Morgan fingerprint density at radius 2 is 2.00 bits per heavy atom. The smallest absolute Gasteiger partial charge is 0.321 e. The summed E-state index contributed by atoms with van der Waals surface area (Å²) in [6, 6.07) is 5.56. The van der Waals surface area contributed by atoms with E-state index in [0.717, 1.165) is 37.2 Å². The number of piperidine rings is 1. The number of aryl methyl sites for hydroxylation is 1. The molecule has 1 aromatic rings. The highest BCUT2D eigenvalue weighted by Crippen LogP contribution is 2.20. The van der Waals surface area contributed by atoms with Crippen LogP contribution in [0, 0.1) is 6.92 Å². The van der Waals surface area contributed by atoms with Gasteiger partial charge in [0.2, 0.25) is 0 Å². The number of nitrogens with one attached hydrogen (secondary N) is 1. The zero-order chi connectivity index (χ0) is 12.3. The van der Waals surface area contributed by atoms with Crippen LogP contribution < -0.4 is 5.32 Å². The number of anilines is 1. The molecule has 0 radical (unpaired) electrons. The van der Waals surface area contributed by atoms with Gasteiger partial charge in [-0.15, -0.1) is 0 Å². The van der Waals surface area contributed by atoms with E-state index in [1.165, 1.54) is 6.42 Å². The molecule has 0 aromatic heterocycles. The molecule has 0 unspecified atom stereocenters. The van der Waals surface area contributed by atoms with Crippen molar-refractivity contribution in [2.45, 2.75) is 26.2 Å². The molecule has 1 N–H and O–H groups in total. The Balaban J connectivity index is 1.99. The average molecular weight is 253 g/mol. The van der Waals surface area contributed by atoms with Crippen molar-refractivity contribution < 1.29 is 4.79 Å². The molecule has 1 aromatic carbocycles. The summed E-state index contributed by atoms with van der Waals surface area (Å²) in [5, 5.41) is 3.56. The van der Waals surface area contributed by atoms with Crippen molar-refractivity contribution in [3.8, 4) is 0 Å². The fourth-order valence-electron chi connectivity index (χ4n) is 1.97. The molecule has 2 amide bonds. The predicted molar refractivity (Wildman–Crippen MR) is 70.6 cm³/mol. The van der Waals surface area contributed by atoms with E-state index in [-0.39, 0.29) is 6.03 Å². The van der Waals surface area contributed by atoms with Gasteiger partial charge in [-0.25, -0.2) is 4.79 Å². The molecule has 4 heteroatoms. The Kier molecular flexibility index (Phi) is 3.89. The number of likely N-dealkylation sites (tertiary alicyclic amines) is 1. The normalized spacial score (nSPS) is 15.8. The Morgan fingerprint density at radius 1 is 1.29 bits per heavy atom. The lowest BCUT2D eigenvalue weighted by molar-refractivity contribution is 0.200. The molecule has 1 aliphatic rings. The SMILES string of the molecule is Cc1ccc(NC(=O)N2CCCCC2)cc1Cl. The Hall–Kier alpha value is -1.22. The van der Waals surface area contributed by atoms with Crippen molar-refractivity contribution in [3.63, 3.8) is 0 Å². The third-order valence-corrected chi connectivity index (χ3v) is 3.47. The number of nitrogens with zero attached hydrogens (tertiary/aromatic N) is 1. The van der Waals surface area contributed by atoms with E-state index in [0.29, 0.717) is 5.02 Å². The predicted octanol–water partition coefficient (Wildman–Crippen LogP) is 3.67. The fourth-order valence-corrected chi connectivity index (χ4v) is 2.15. The third-order valence-electron chi connectivity index (χ3n) is 3.07. The van der Waals surface area contributed by atoms with Crippen molar-refractivity contribution >= 4 is 23.3 Å². The summed E-state index contributed by atoms with van der Waals surface area (Å²) >= 11 is 6.02. The van der Waals surface area contributed by atoms with Crippen LogP contribution in [0.4, 0.5) is 10.5 Å². The minimum atomic E-state index is -0.0235. The van der Waals surface area contributed by atoms with Crippen LogP contribution >= 0.6 is 11.6 Å². The van der Waals surface area contributed by atoms with Crippen LogP contribution in [0.15, 0.2) is 18.2 Å². The molecular weight excluding hydrogens is 236 g/mol. The molecule has 1 aliphatic heterocycles. The van der Waals surface area contributed by atoms with Gasteiger partial charge in [-0.3, -0.25) is 0 Å². The van der Waals surface area contributed by atoms with E-state index in [2.05, 4.69) is 5.32 Å². The summed E-state index contributed by atoms with van der Waals surface area (Å²) in [6.45, 7) is 3.65. The van der Waals surface area contributed by atoms with E-state index in [9.17, 15) is 4.79 Å². The van der Waals surface area contributed by atoms with Crippen LogP contribution in [0.1, 0.15) is 24.8 Å². The van der Waals surface area contributed by atoms with E-state index >= 15 is 0 Å². The zero-order valence-corrected chi connectivity index (χ0v) is 10.8. The minimum Gasteiger partial charge on any atom is -0.325 e. The monoisotopic (exact) mass is 252 g/mol. The maximum Gasteiger partial charge on any atom is 0.321 e. The van der Waals surface area contributed by atoms with Gasteiger partial charge in [-0.05, 0) is 43.9 Å². The topological polar surface area (TPSA) is 32.3 Å². The minimum absolute atomic E-state index is 0.0235. The summed E-state index contributed by atoms with van der Waals surface area (Å²) in [5.41, 5.74) is 1.78. The van der Waals surface area contributed by atoms with E-state index in [1.807, 2.05) is 24.0 Å². The molecule has 0 aliphatic carbocycles. The van der Waals surface area contributed by atoms with E-state index < -0.39 is 0 Å². The van der Waals surface area contributed by atoms with Crippen LogP contribution in [-0.4, -0.2) is 24.0 Å². The van der Waals surface area contributed by atoms with Crippen molar-refractivity contribution in [2.24, 2.45) is 0 Å². The van der Waals surface area contributed by atoms with Crippen LogP contribution in [0.5, 0.6) is 0 Å². The third kappa shape index (κ3) is 3.13. The lowest BCUT2D eigenvalue weighted by Gasteiger charge is -2.26. The number of halogens is 1. The molecule has 0 bridgehead atoms. The lowest BCUT2D eigenvalue weighted by atomic mass is 10.1. The summed E-state index contributed by atoms with van der Waals surface area (Å²) in [4.78, 5) is 13.8. The van der Waals surface area contributed by atoms with Gasteiger partial charge in [-0.1, -0.05) is 17.7 Å². The summed E-state index contributed by atoms with van der Waals surface area (Å²) in [5.74, 6) is 0. The van der Waals surface area contributed by atoms with Crippen molar-refractivity contribution in [1.82, 2.24) is 4.90 Å². The van der Waals surface area contributed by atoms with Crippen LogP contribution in [-0.2, 0) is 0 Å². The van der Waals surface area contributed by atoms with Crippen molar-refractivity contribution in [1.29, 1.82) is 0 Å². The number of urea groups is 1. The molecule has 1 heterocycles. The van der Waals surface area contributed by atoms with E-state index in [4.69, 9.17) is 11.6 Å². The first-order valence-electron chi connectivity index (χ1n) is 5.99. The zero-order valence-electron chi connectivity index (χ0n) is 10.0. The molecule has 17 heavy (non-hydrogen) atoms. The van der Waals surface area contributed by atoms with Gasteiger partial charge in [0.05, 0.1) is 0 Å². The second kappa shape index (κ2) is 5.41. The largest absolute Gasteiger partial charge is 0.325 e. The fraction of sp³-hybridized carbons (Fsp3) is 0.462. The second-order valence-electron chi connectivity index (χ2n) is 4.44. The van der Waals surface area contributed by atoms with Crippen LogP contribution in [0.25, 0.3) is 0 Å². The molecule has 3 nitrogen and oxygen atoms in total. The highest BCUT2D eigenvalue weighted by molar-refractivity contribution is 6.31. The second-order valence-corrected chi connectivity index (χ2v) is 4.85. The molecule has 1 fully saturated rings. The van der Waals surface area contributed by atoms with Crippen LogP contribution in [0.2, 0.25) is 5.02 Å². The Labute approximate surface area is 107 Å². The molecule has 92 valence electrons. The first-order valence-corrected chi connectivity index (χ1v) is 6.37. The van der Waals surface area contributed by atoms with Crippen LogP contribution in [0.3, 0.4) is 0 Å². The maximum absolute atomic E-state index is 11.9. The molecule has 1 saturated heterocycles. The molecular formula is C13H17ClN2O. The molecule has 2 rings (SSSR count). The molecule has 0 atom stereocenters. The Morgan fingerprint density at radius 3 is 2.65 bits per heavy atom. The first kappa shape index (κ1) is 12.2. The van der Waals surface area contributed by atoms with Gasteiger partial charge in [0.1, 0.15) is 0 Å². The number of hydrogen-bond donors (Lipinski definition) is 1. The quantitative estimate of drug-likeness (QED) is 0.813. The highest BCUT2D eigenvalue weighted by atomic mass is 35.5. The standard InChI is InChI=1S/C13H17ClN2O/c1-10-5-6-11(9-12(10)14)15-13(17)16-7-3-2-4-8-16/h5-6,9H,2-4,7-8H2,1H3,(H,15,17). The van der Waals surface area contributed by atoms with Gasteiger partial charge in [-0.2, -0.15) is 0 Å². The maximum atomic E-state index is 11.9. The number of rotatable bonds is 1. The summed E-state index contributed by atoms with van der Waals surface area (Å²) in [6.07, 6.45) is 3.42. The van der Waals surface area contributed by atoms with Gasteiger partial charge < -0.3 is 10.2 Å². The molecule has 0 saturated carbocycles.